The smallest absolute Gasteiger partial charge is 0.406 e. The van der Waals surface area contributed by atoms with E-state index in [9.17, 15) is 14.5 Å². The molecule has 0 amide bonds. The first-order valence-corrected chi connectivity index (χ1v) is 8.27. The minimum absolute atomic E-state index is 0.0197. The number of aromatic nitrogens is 3. The second-order valence-electron chi connectivity index (χ2n) is 5.20. The maximum atomic E-state index is 13.2. The largest absolute Gasteiger partial charge is 0.429 e. The van der Waals surface area contributed by atoms with Gasteiger partial charge in [-0.25, -0.2) is 14.4 Å². The third kappa shape index (κ3) is 2.84. The van der Waals surface area contributed by atoms with E-state index < -0.39 is 10.7 Å². The van der Waals surface area contributed by atoms with Gasteiger partial charge in [0, 0.05) is 10.9 Å². The molecule has 128 valence electrons. The van der Waals surface area contributed by atoms with E-state index in [-0.39, 0.29) is 17.4 Å². The molecule has 0 radical (unpaired) electrons. The second kappa shape index (κ2) is 6.45. The summed E-state index contributed by atoms with van der Waals surface area (Å²) < 4.78 is 18.9. The molecule has 7 nitrogen and oxygen atoms in total. The first-order chi connectivity index (χ1) is 12.6. The van der Waals surface area contributed by atoms with Crippen LogP contribution in [-0.4, -0.2) is 19.9 Å². The third-order valence-electron chi connectivity index (χ3n) is 3.62. The fourth-order valence-corrected chi connectivity index (χ4v) is 3.38. The Morgan fingerprint density at radius 2 is 1.92 bits per heavy atom. The summed E-state index contributed by atoms with van der Waals surface area (Å²) in [5.41, 5.74) is 1.52. The van der Waals surface area contributed by atoms with Gasteiger partial charge in [-0.1, -0.05) is 12.1 Å². The minimum Gasteiger partial charge on any atom is -0.429 e. The lowest BCUT2D eigenvalue weighted by atomic mass is 10.1. The van der Waals surface area contributed by atoms with Gasteiger partial charge < -0.3 is 14.9 Å². The number of fused-ring (bicyclic) bond motifs is 1. The normalized spacial score (nSPS) is 10.8. The molecule has 26 heavy (non-hydrogen) atoms. The molecule has 0 bridgehead atoms. The van der Waals surface area contributed by atoms with E-state index in [2.05, 4.69) is 15.0 Å². The molecule has 0 fully saturated rings. The van der Waals surface area contributed by atoms with Gasteiger partial charge >= 0.3 is 5.82 Å². The molecule has 0 aliphatic heterocycles. The van der Waals surface area contributed by atoms with Gasteiger partial charge in [-0.05, 0) is 39.7 Å². The van der Waals surface area contributed by atoms with E-state index in [0.717, 1.165) is 11.1 Å². The van der Waals surface area contributed by atoms with Crippen molar-refractivity contribution in [2.75, 3.05) is 0 Å². The number of rotatable bonds is 4. The van der Waals surface area contributed by atoms with Crippen LogP contribution in [-0.2, 0) is 0 Å². The topological polar surface area (TPSA) is 91.0 Å². The van der Waals surface area contributed by atoms with Gasteiger partial charge in [-0.15, -0.1) is 11.3 Å². The molecule has 4 rings (SSSR count). The molecule has 0 aliphatic carbocycles. The molecule has 0 aliphatic rings. The monoisotopic (exact) mass is 368 g/mol. The number of hydrogen-bond acceptors (Lipinski definition) is 7. The predicted octanol–water partition coefficient (Wildman–Crippen LogP) is 4.59. The van der Waals surface area contributed by atoms with Crippen LogP contribution in [0.5, 0.6) is 11.6 Å². The van der Waals surface area contributed by atoms with Gasteiger partial charge in [-0.3, -0.25) is 0 Å². The average Bonchev–Trinajstić information content (AvgIpc) is 3.08. The van der Waals surface area contributed by atoms with Crippen molar-refractivity contribution in [3.05, 3.63) is 70.2 Å². The van der Waals surface area contributed by atoms with Crippen LogP contribution in [0, 0.1) is 15.9 Å². The Hall–Kier alpha value is -3.46. The Balaban J connectivity index is 1.85. The maximum Gasteiger partial charge on any atom is 0.406 e. The van der Waals surface area contributed by atoms with Gasteiger partial charge in [0.15, 0.2) is 0 Å². The minimum atomic E-state index is -0.623. The van der Waals surface area contributed by atoms with Gasteiger partial charge in [0.25, 0.3) is 0 Å². The van der Waals surface area contributed by atoms with Crippen molar-refractivity contribution in [1.29, 1.82) is 0 Å². The highest BCUT2D eigenvalue weighted by atomic mass is 32.1. The Labute approximate surface area is 149 Å². The van der Waals surface area contributed by atoms with E-state index in [0.29, 0.717) is 10.2 Å². The van der Waals surface area contributed by atoms with Crippen LogP contribution in [0.15, 0.2) is 54.3 Å². The lowest BCUT2D eigenvalue weighted by Gasteiger charge is -2.07. The van der Waals surface area contributed by atoms with Crippen LogP contribution in [0.1, 0.15) is 0 Å². The van der Waals surface area contributed by atoms with Crippen molar-refractivity contribution in [3.8, 4) is 22.8 Å². The van der Waals surface area contributed by atoms with Crippen molar-refractivity contribution in [3.63, 3.8) is 0 Å². The zero-order chi connectivity index (χ0) is 18.1. The molecule has 3 heterocycles. The van der Waals surface area contributed by atoms with E-state index in [4.69, 9.17) is 4.74 Å². The van der Waals surface area contributed by atoms with Gasteiger partial charge in [0.1, 0.15) is 23.2 Å². The number of nitro groups is 1. The van der Waals surface area contributed by atoms with Crippen molar-refractivity contribution in [2.45, 2.75) is 0 Å². The SMILES string of the molecule is O=[N+]([O-])c1ncccc1Oc1ncnc2scc(-c3ccc(F)cc3)c12. The first kappa shape index (κ1) is 16.0. The van der Waals surface area contributed by atoms with E-state index in [1.807, 2.05) is 5.38 Å². The molecule has 0 saturated heterocycles. The molecular formula is C17H9FN4O3S. The summed E-state index contributed by atoms with van der Waals surface area (Å²) in [7, 11) is 0. The standard InChI is InChI=1S/C17H9FN4O3S/c18-11-5-3-10(4-6-11)12-8-26-17-14(12)16(20-9-21-17)25-13-2-1-7-19-15(13)22(23)24/h1-9H. The lowest BCUT2D eigenvalue weighted by Crippen LogP contribution is -1.97. The molecule has 3 aromatic heterocycles. The number of hydrogen-bond donors (Lipinski definition) is 0. The van der Waals surface area contributed by atoms with Crippen molar-refractivity contribution >= 4 is 27.4 Å². The number of pyridine rings is 1. The molecule has 9 heteroatoms. The summed E-state index contributed by atoms with van der Waals surface area (Å²) in [4.78, 5) is 23.2. The fourth-order valence-electron chi connectivity index (χ4n) is 2.47. The molecule has 0 unspecified atom stereocenters. The molecule has 0 atom stereocenters. The molecule has 4 aromatic rings. The van der Waals surface area contributed by atoms with Crippen LogP contribution in [0.4, 0.5) is 10.2 Å². The number of halogens is 1. The fraction of sp³-hybridized carbons (Fsp3) is 0. The Kier molecular flexibility index (Phi) is 3.98. The highest BCUT2D eigenvalue weighted by Gasteiger charge is 2.20. The molecule has 0 N–H and O–H groups in total. The second-order valence-corrected chi connectivity index (χ2v) is 6.06. The van der Waals surface area contributed by atoms with Gasteiger partial charge in [0.2, 0.25) is 11.6 Å². The van der Waals surface area contributed by atoms with Gasteiger partial charge in [0.05, 0.1) is 5.39 Å². The quantitative estimate of drug-likeness (QED) is 0.386. The van der Waals surface area contributed by atoms with Crippen LogP contribution in [0.2, 0.25) is 0 Å². The van der Waals surface area contributed by atoms with Crippen LogP contribution >= 0.6 is 11.3 Å². The zero-order valence-electron chi connectivity index (χ0n) is 13.0. The van der Waals surface area contributed by atoms with E-state index in [1.165, 1.54) is 48.1 Å². The number of ether oxygens (including phenoxy) is 1. The van der Waals surface area contributed by atoms with Crippen LogP contribution < -0.4 is 4.74 Å². The summed E-state index contributed by atoms with van der Waals surface area (Å²) in [6.45, 7) is 0. The summed E-state index contributed by atoms with van der Waals surface area (Å²) in [6, 6.07) is 8.97. The van der Waals surface area contributed by atoms with E-state index >= 15 is 0 Å². The first-order valence-electron chi connectivity index (χ1n) is 7.39. The number of benzene rings is 1. The van der Waals surface area contributed by atoms with Crippen LogP contribution in [0.3, 0.4) is 0 Å². The third-order valence-corrected chi connectivity index (χ3v) is 4.51. The van der Waals surface area contributed by atoms with Crippen molar-refractivity contribution in [2.24, 2.45) is 0 Å². The lowest BCUT2D eigenvalue weighted by molar-refractivity contribution is -0.390. The molecule has 0 saturated carbocycles. The zero-order valence-corrected chi connectivity index (χ0v) is 13.8. The Morgan fingerprint density at radius 3 is 2.69 bits per heavy atom. The Morgan fingerprint density at radius 1 is 1.12 bits per heavy atom. The van der Waals surface area contributed by atoms with Crippen LogP contribution in [0.25, 0.3) is 21.3 Å². The average molecular weight is 368 g/mol. The summed E-state index contributed by atoms with van der Waals surface area (Å²) in [5, 5.41) is 13.6. The molecular weight excluding hydrogens is 359 g/mol. The molecule has 1 aromatic carbocycles. The summed E-state index contributed by atoms with van der Waals surface area (Å²) >= 11 is 1.37. The van der Waals surface area contributed by atoms with Gasteiger partial charge in [-0.2, -0.15) is 0 Å². The predicted molar refractivity (Wildman–Crippen MR) is 93.8 cm³/mol. The summed E-state index contributed by atoms with van der Waals surface area (Å²) in [6.07, 6.45) is 2.64. The Bertz CT molecular complexity index is 1110. The highest BCUT2D eigenvalue weighted by molar-refractivity contribution is 7.17. The van der Waals surface area contributed by atoms with E-state index in [1.54, 1.807) is 12.1 Å². The highest BCUT2D eigenvalue weighted by Crippen LogP contribution is 2.40. The van der Waals surface area contributed by atoms with Crippen molar-refractivity contribution in [1.82, 2.24) is 15.0 Å². The summed E-state index contributed by atoms with van der Waals surface area (Å²) in [5.74, 6) is -0.592. The number of nitrogens with zero attached hydrogens (tertiary/aromatic N) is 4. The van der Waals surface area contributed by atoms with Crippen molar-refractivity contribution < 1.29 is 14.1 Å². The maximum absolute atomic E-state index is 13.2. The number of thiophene rings is 1. The molecule has 0 spiro atoms.